The summed E-state index contributed by atoms with van der Waals surface area (Å²) >= 11 is 5.86. The maximum absolute atomic E-state index is 11.9. The van der Waals surface area contributed by atoms with Gasteiger partial charge in [-0.2, -0.15) is 0 Å². The number of nitro benzene ring substituents is 1. The van der Waals surface area contributed by atoms with Crippen LogP contribution in [0.15, 0.2) is 18.2 Å². The van der Waals surface area contributed by atoms with Crippen LogP contribution < -0.4 is 5.32 Å². The number of non-ortho nitro benzene ring substituents is 1. The van der Waals surface area contributed by atoms with Crippen LogP contribution >= 0.6 is 11.6 Å². The van der Waals surface area contributed by atoms with Gasteiger partial charge >= 0.3 is 5.97 Å². The number of carbonyl (C=O) groups excluding carboxylic acids is 2. The standard InChI is InChI=1S/C13H15ClN2O5/c1-3-4-12(17)21-8(2)13(18)15-11-7-9(16(19)20)5-6-10(11)14/h5-8H,3-4H2,1-2H3,(H,15,18). The number of amides is 1. The number of anilines is 1. The quantitative estimate of drug-likeness (QED) is 0.494. The lowest BCUT2D eigenvalue weighted by Gasteiger charge is -2.13. The molecule has 1 amide bonds. The lowest BCUT2D eigenvalue weighted by molar-refractivity contribution is -0.384. The van der Waals surface area contributed by atoms with E-state index in [2.05, 4.69) is 5.32 Å². The Kier molecular flexibility index (Phi) is 6.10. The molecule has 7 nitrogen and oxygen atoms in total. The molecular weight excluding hydrogens is 300 g/mol. The minimum absolute atomic E-state index is 0.0919. The van der Waals surface area contributed by atoms with Gasteiger partial charge in [-0.3, -0.25) is 19.7 Å². The van der Waals surface area contributed by atoms with Crippen molar-refractivity contribution >= 4 is 34.9 Å². The van der Waals surface area contributed by atoms with Crippen molar-refractivity contribution in [1.29, 1.82) is 0 Å². The van der Waals surface area contributed by atoms with Gasteiger partial charge in [0.15, 0.2) is 6.10 Å². The highest BCUT2D eigenvalue weighted by Gasteiger charge is 2.19. The van der Waals surface area contributed by atoms with E-state index in [0.29, 0.717) is 6.42 Å². The third-order valence-electron chi connectivity index (χ3n) is 2.55. The van der Waals surface area contributed by atoms with Gasteiger partial charge in [0.05, 0.1) is 15.6 Å². The first-order valence-corrected chi connectivity index (χ1v) is 6.67. The van der Waals surface area contributed by atoms with Crippen molar-refractivity contribution in [3.8, 4) is 0 Å². The summed E-state index contributed by atoms with van der Waals surface area (Å²) in [5.41, 5.74) is -0.111. The predicted molar refractivity (Wildman–Crippen MR) is 77.2 cm³/mol. The van der Waals surface area contributed by atoms with Gasteiger partial charge < -0.3 is 10.1 Å². The molecule has 0 saturated carbocycles. The topological polar surface area (TPSA) is 98.5 Å². The summed E-state index contributed by atoms with van der Waals surface area (Å²) in [6.07, 6.45) is -0.182. The molecule has 0 heterocycles. The molecule has 8 heteroatoms. The van der Waals surface area contributed by atoms with E-state index in [9.17, 15) is 19.7 Å². The fourth-order valence-corrected chi connectivity index (χ4v) is 1.64. The minimum Gasteiger partial charge on any atom is -0.453 e. The number of ether oxygens (including phenoxy) is 1. The zero-order valence-electron chi connectivity index (χ0n) is 11.6. The van der Waals surface area contributed by atoms with Crippen molar-refractivity contribution < 1.29 is 19.2 Å². The Morgan fingerprint density at radius 2 is 2.14 bits per heavy atom. The Morgan fingerprint density at radius 3 is 2.71 bits per heavy atom. The molecule has 0 aliphatic rings. The minimum atomic E-state index is -1.01. The van der Waals surface area contributed by atoms with Gasteiger partial charge in [-0.25, -0.2) is 0 Å². The van der Waals surface area contributed by atoms with Gasteiger partial charge in [0, 0.05) is 18.6 Å². The second kappa shape index (κ2) is 7.58. The van der Waals surface area contributed by atoms with Gasteiger partial charge in [0.2, 0.25) is 0 Å². The third kappa shape index (κ3) is 5.03. The van der Waals surface area contributed by atoms with Gasteiger partial charge in [0.1, 0.15) is 0 Å². The van der Waals surface area contributed by atoms with Gasteiger partial charge in [-0.15, -0.1) is 0 Å². The van der Waals surface area contributed by atoms with Crippen LogP contribution in [0.2, 0.25) is 5.02 Å². The number of nitrogens with zero attached hydrogens (tertiary/aromatic N) is 1. The van der Waals surface area contributed by atoms with Crippen LogP contribution in [-0.4, -0.2) is 22.9 Å². The second-order valence-electron chi connectivity index (χ2n) is 4.29. The number of carbonyl (C=O) groups is 2. The van der Waals surface area contributed by atoms with Crippen LogP contribution in [0.25, 0.3) is 0 Å². The molecular formula is C13H15ClN2O5. The predicted octanol–water partition coefficient (Wildman–Crippen LogP) is 2.92. The molecule has 114 valence electrons. The highest BCUT2D eigenvalue weighted by atomic mass is 35.5. The normalized spacial score (nSPS) is 11.6. The van der Waals surface area contributed by atoms with E-state index >= 15 is 0 Å². The van der Waals surface area contributed by atoms with E-state index in [1.807, 2.05) is 6.92 Å². The number of esters is 1. The molecule has 1 unspecified atom stereocenters. The summed E-state index contributed by atoms with van der Waals surface area (Å²) in [4.78, 5) is 33.3. The molecule has 0 aromatic heterocycles. The molecule has 1 atom stereocenters. The molecule has 0 aliphatic heterocycles. The summed E-state index contributed by atoms with van der Waals surface area (Å²) in [6, 6.07) is 3.67. The van der Waals surface area contributed by atoms with Gasteiger partial charge in [-0.05, 0) is 19.4 Å². The average molecular weight is 315 g/mol. The van der Waals surface area contributed by atoms with Crippen molar-refractivity contribution in [2.75, 3.05) is 5.32 Å². The maximum Gasteiger partial charge on any atom is 0.306 e. The van der Waals surface area contributed by atoms with E-state index in [1.54, 1.807) is 0 Å². The number of nitrogens with one attached hydrogen (secondary N) is 1. The Morgan fingerprint density at radius 1 is 1.48 bits per heavy atom. The summed E-state index contributed by atoms with van der Waals surface area (Å²) in [7, 11) is 0. The summed E-state index contributed by atoms with van der Waals surface area (Å²) < 4.78 is 4.91. The molecule has 0 fully saturated rings. The third-order valence-corrected chi connectivity index (χ3v) is 2.88. The first-order chi connectivity index (χ1) is 9.85. The molecule has 0 aliphatic carbocycles. The highest BCUT2D eigenvalue weighted by Crippen LogP contribution is 2.26. The Labute approximate surface area is 126 Å². The van der Waals surface area contributed by atoms with Crippen LogP contribution in [-0.2, 0) is 14.3 Å². The molecule has 1 N–H and O–H groups in total. The molecule has 0 radical (unpaired) electrons. The maximum atomic E-state index is 11.9. The molecule has 1 aromatic rings. The molecule has 1 rings (SSSR count). The van der Waals surface area contributed by atoms with E-state index in [-0.39, 0.29) is 22.8 Å². The number of nitro groups is 1. The van der Waals surface area contributed by atoms with Crippen molar-refractivity contribution in [1.82, 2.24) is 0 Å². The summed E-state index contributed by atoms with van der Waals surface area (Å²) in [5, 5.41) is 13.2. The highest BCUT2D eigenvalue weighted by molar-refractivity contribution is 6.33. The summed E-state index contributed by atoms with van der Waals surface area (Å²) in [6.45, 7) is 3.23. The molecule has 0 spiro atoms. The van der Waals surface area contributed by atoms with Crippen molar-refractivity contribution in [3.05, 3.63) is 33.3 Å². The van der Waals surface area contributed by atoms with Crippen LogP contribution in [0.3, 0.4) is 0 Å². The molecule has 0 saturated heterocycles. The van der Waals surface area contributed by atoms with Crippen LogP contribution in [0.5, 0.6) is 0 Å². The second-order valence-corrected chi connectivity index (χ2v) is 4.70. The van der Waals surface area contributed by atoms with E-state index in [1.165, 1.54) is 19.1 Å². The van der Waals surface area contributed by atoms with Crippen molar-refractivity contribution in [2.45, 2.75) is 32.8 Å². The zero-order chi connectivity index (χ0) is 16.0. The van der Waals surface area contributed by atoms with E-state index in [0.717, 1.165) is 6.07 Å². The van der Waals surface area contributed by atoms with E-state index < -0.39 is 22.9 Å². The first kappa shape index (κ1) is 16.9. The van der Waals surface area contributed by atoms with E-state index in [4.69, 9.17) is 16.3 Å². The fraction of sp³-hybridized carbons (Fsp3) is 0.385. The van der Waals surface area contributed by atoms with Gasteiger partial charge in [0.25, 0.3) is 11.6 Å². The molecule has 1 aromatic carbocycles. The SMILES string of the molecule is CCCC(=O)OC(C)C(=O)Nc1cc([N+](=O)[O-])ccc1Cl. The lowest BCUT2D eigenvalue weighted by Crippen LogP contribution is -2.30. The molecule has 21 heavy (non-hydrogen) atoms. The Balaban J connectivity index is 2.76. The van der Waals surface area contributed by atoms with Gasteiger partial charge in [-0.1, -0.05) is 18.5 Å². The number of benzene rings is 1. The van der Waals surface area contributed by atoms with Crippen LogP contribution in [0.1, 0.15) is 26.7 Å². The van der Waals surface area contributed by atoms with Crippen LogP contribution in [0, 0.1) is 10.1 Å². The average Bonchev–Trinajstić information content (AvgIpc) is 2.40. The number of hydrogen-bond donors (Lipinski definition) is 1. The fourth-order valence-electron chi connectivity index (χ4n) is 1.47. The zero-order valence-corrected chi connectivity index (χ0v) is 12.3. The Hall–Kier alpha value is -2.15. The summed E-state index contributed by atoms with van der Waals surface area (Å²) in [5.74, 6) is -1.09. The Bertz CT molecular complexity index is 561. The largest absolute Gasteiger partial charge is 0.453 e. The number of halogens is 1. The van der Waals surface area contributed by atoms with Crippen molar-refractivity contribution in [2.24, 2.45) is 0 Å². The monoisotopic (exact) mass is 314 g/mol. The van der Waals surface area contributed by atoms with Crippen LogP contribution in [0.4, 0.5) is 11.4 Å². The smallest absolute Gasteiger partial charge is 0.306 e. The molecule has 0 bridgehead atoms. The van der Waals surface area contributed by atoms with Crippen molar-refractivity contribution in [3.63, 3.8) is 0 Å². The first-order valence-electron chi connectivity index (χ1n) is 6.29. The number of rotatable bonds is 6. The lowest BCUT2D eigenvalue weighted by atomic mass is 10.2. The number of hydrogen-bond acceptors (Lipinski definition) is 5.